The standard InChI is InChI=1S/C22H20N2OS/c1-14-8-10-15(11-9-14)20-16-5-4-12-25-21(16)24-18-6-2-3-7-19(18)26-22(24)17(20)13-23/h2-3,6-11,16,20-21H,4-5,12H2,1H3/t16-,20+,21-/m1/s1. The Hall–Kier alpha value is -2.22. The lowest BCUT2D eigenvalue weighted by Gasteiger charge is -2.46. The molecular weight excluding hydrogens is 340 g/mol. The Balaban J connectivity index is 1.70. The van der Waals surface area contributed by atoms with Gasteiger partial charge in [-0.15, -0.1) is 0 Å². The van der Waals surface area contributed by atoms with Crippen molar-refractivity contribution in [3.8, 4) is 6.07 Å². The number of aryl methyl sites for hydroxylation is 1. The van der Waals surface area contributed by atoms with Crippen molar-refractivity contribution in [2.75, 3.05) is 11.5 Å². The molecule has 0 aromatic heterocycles. The second kappa shape index (κ2) is 6.19. The lowest BCUT2D eigenvalue weighted by molar-refractivity contribution is -0.0323. The van der Waals surface area contributed by atoms with Gasteiger partial charge in [-0.05, 0) is 37.5 Å². The van der Waals surface area contributed by atoms with Gasteiger partial charge in [0.15, 0.2) is 0 Å². The summed E-state index contributed by atoms with van der Waals surface area (Å²) in [6.45, 7) is 2.90. The van der Waals surface area contributed by atoms with Gasteiger partial charge in [-0.3, -0.25) is 0 Å². The molecule has 3 aliphatic heterocycles. The second-order valence-corrected chi connectivity index (χ2v) is 8.26. The maximum atomic E-state index is 10.1. The number of thioether (sulfide) groups is 1. The molecule has 0 spiro atoms. The van der Waals surface area contributed by atoms with Crippen LogP contribution in [0.3, 0.4) is 0 Å². The molecule has 0 amide bonds. The average molecular weight is 360 g/mol. The number of fused-ring (bicyclic) bond motifs is 5. The van der Waals surface area contributed by atoms with Crippen molar-refractivity contribution in [2.24, 2.45) is 5.92 Å². The number of ether oxygens (including phenoxy) is 1. The van der Waals surface area contributed by atoms with E-state index in [-0.39, 0.29) is 12.1 Å². The first-order chi connectivity index (χ1) is 12.8. The number of benzene rings is 2. The van der Waals surface area contributed by atoms with Gasteiger partial charge >= 0.3 is 0 Å². The van der Waals surface area contributed by atoms with E-state index in [2.05, 4.69) is 66.4 Å². The predicted molar refractivity (Wildman–Crippen MR) is 104 cm³/mol. The van der Waals surface area contributed by atoms with Crippen molar-refractivity contribution in [1.29, 1.82) is 5.26 Å². The SMILES string of the molecule is Cc1ccc([C@@H]2C(C#N)=C3Sc4ccccc4N3[C@@H]3OCCC[C@@H]32)cc1. The van der Waals surface area contributed by atoms with Crippen molar-refractivity contribution < 1.29 is 4.74 Å². The van der Waals surface area contributed by atoms with Gasteiger partial charge in [-0.25, -0.2) is 0 Å². The van der Waals surface area contributed by atoms with Crippen LogP contribution >= 0.6 is 11.8 Å². The maximum absolute atomic E-state index is 10.1. The summed E-state index contributed by atoms with van der Waals surface area (Å²) in [6, 6.07) is 19.7. The molecule has 0 N–H and O–H groups in total. The normalized spacial score (nSPS) is 26.8. The largest absolute Gasteiger partial charge is 0.358 e. The van der Waals surface area contributed by atoms with E-state index >= 15 is 0 Å². The maximum Gasteiger partial charge on any atom is 0.138 e. The van der Waals surface area contributed by atoms with Crippen molar-refractivity contribution in [1.82, 2.24) is 0 Å². The van der Waals surface area contributed by atoms with Gasteiger partial charge in [0.05, 0.1) is 22.4 Å². The zero-order valence-electron chi connectivity index (χ0n) is 14.7. The van der Waals surface area contributed by atoms with Crippen LogP contribution < -0.4 is 4.90 Å². The van der Waals surface area contributed by atoms with Gasteiger partial charge in [0.2, 0.25) is 0 Å². The number of rotatable bonds is 1. The number of nitrogens with zero attached hydrogens (tertiary/aromatic N) is 2. The van der Waals surface area contributed by atoms with E-state index in [1.807, 2.05) is 0 Å². The number of hydrogen-bond donors (Lipinski definition) is 0. The number of allylic oxidation sites excluding steroid dienone is 1. The van der Waals surface area contributed by atoms with Crippen LogP contribution in [0.5, 0.6) is 0 Å². The third kappa shape index (κ3) is 2.31. The number of para-hydroxylation sites is 1. The van der Waals surface area contributed by atoms with E-state index < -0.39 is 0 Å². The Labute approximate surface area is 158 Å². The highest BCUT2D eigenvalue weighted by Gasteiger charge is 2.48. The molecule has 1 saturated heterocycles. The quantitative estimate of drug-likeness (QED) is 0.701. The van der Waals surface area contributed by atoms with Gasteiger partial charge in [-0.1, -0.05) is 53.7 Å². The summed E-state index contributed by atoms with van der Waals surface area (Å²) < 4.78 is 6.29. The molecular formula is C22H20N2OS. The van der Waals surface area contributed by atoms with Crippen LogP contribution in [0.2, 0.25) is 0 Å². The van der Waals surface area contributed by atoms with Crippen LogP contribution in [-0.4, -0.2) is 12.8 Å². The summed E-state index contributed by atoms with van der Waals surface area (Å²) in [5.41, 5.74) is 4.55. The fourth-order valence-electron chi connectivity index (χ4n) is 4.48. The zero-order valence-corrected chi connectivity index (χ0v) is 15.5. The molecule has 0 unspecified atom stereocenters. The van der Waals surface area contributed by atoms with Gasteiger partial charge in [0.25, 0.3) is 0 Å². The Morgan fingerprint density at radius 1 is 1.15 bits per heavy atom. The van der Waals surface area contributed by atoms with E-state index in [0.29, 0.717) is 5.92 Å². The monoisotopic (exact) mass is 360 g/mol. The van der Waals surface area contributed by atoms with E-state index in [1.54, 1.807) is 11.8 Å². The number of hydrogen-bond acceptors (Lipinski definition) is 4. The molecule has 4 heteroatoms. The second-order valence-electron chi connectivity index (χ2n) is 7.23. The number of nitriles is 1. The zero-order chi connectivity index (χ0) is 17.7. The summed E-state index contributed by atoms with van der Waals surface area (Å²) >= 11 is 1.71. The fourth-order valence-corrected chi connectivity index (χ4v) is 5.69. The Kier molecular flexibility index (Phi) is 3.81. The smallest absolute Gasteiger partial charge is 0.138 e. The van der Waals surface area contributed by atoms with Gasteiger partial charge in [-0.2, -0.15) is 5.26 Å². The average Bonchev–Trinajstić information content (AvgIpc) is 3.07. The summed E-state index contributed by atoms with van der Waals surface area (Å²) in [5.74, 6) is 0.413. The predicted octanol–water partition coefficient (Wildman–Crippen LogP) is 5.19. The molecule has 3 heterocycles. The van der Waals surface area contributed by atoms with Crippen molar-refractivity contribution in [2.45, 2.75) is 36.8 Å². The van der Waals surface area contributed by atoms with Crippen LogP contribution in [0.4, 0.5) is 5.69 Å². The molecule has 0 saturated carbocycles. The minimum Gasteiger partial charge on any atom is -0.358 e. The third-order valence-corrected chi connectivity index (χ3v) is 6.84. The van der Waals surface area contributed by atoms with Gasteiger partial charge < -0.3 is 9.64 Å². The van der Waals surface area contributed by atoms with Crippen LogP contribution in [0.1, 0.15) is 29.9 Å². The molecule has 5 rings (SSSR count). The van der Waals surface area contributed by atoms with E-state index in [1.165, 1.54) is 21.7 Å². The molecule has 2 aromatic rings. The lowest BCUT2D eigenvalue weighted by atomic mass is 9.74. The molecule has 1 fully saturated rings. The molecule has 2 aromatic carbocycles. The summed E-state index contributed by atoms with van der Waals surface area (Å²) in [7, 11) is 0. The topological polar surface area (TPSA) is 36.3 Å². The minimum atomic E-state index is 0.0123. The first kappa shape index (κ1) is 16.0. The molecule has 3 atom stereocenters. The van der Waals surface area contributed by atoms with E-state index in [4.69, 9.17) is 4.74 Å². The molecule has 3 nitrogen and oxygen atoms in total. The molecule has 130 valence electrons. The summed E-state index contributed by atoms with van der Waals surface area (Å²) in [4.78, 5) is 3.50. The lowest BCUT2D eigenvalue weighted by Crippen LogP contribution is -2.49. The first-order valence-corrected chi connectivity index (χ1v) is 9.98. The van der Waals surface area contributed by atoms with E-state index in [0.717, 1.165) is 30.1 Å². The van der Waals surface area contributed by atoms with Crippen LogP contribution in [0, 0.1) is 24.2 Å². The van der Waals surface area contributed by atoms with Crippen molar-refractivity contribution in [3.05, 3.63) is 70.3 Å². The molecule has 26 heavy (non-hydrogen) atoms. The van der Waals surface area contributed by atoms with Crippen molar-refractivity contribution >= 4 is 17.4 Å². The molecule has 0 bridgehead atoms. The molecule has 0 aliphatic carbocycles. The molecule has 3 aliphatic rings. The Bertz CT molecular complexity index is 928. The highest BCUT2D eigenvalue weighted by atomic mass is 32.2. The first-order valence-electron chi connectivity index (χ1n) is 9.16. The van der Waals surface area contributed by atoms with Gasteiger partial charge in [0.1, 0.15) is 6.23 Å². The Morgan fingerprint density at radius 3 is 2.77 bits per heavy atom. The minimum absolute atomic E-state index is 0.0123. The summed E-state index contributed by atoms with van der Waals surface area (Å²) in [5, 5.41) is 11.2. The van der Waals surface area contributed by atoms with Crippen LogP contribution in [0.15, 0.2) is 64.0 Å². The van der Waals surface area contributed by atoms with Crippen LogP contribution in [0.25, 0.3) is 0 Å². The third-order valence-electron chi connectivity index (χ3n) is 5.67. The van der Waals surface area contributed by atoms with Gasteiger partial charge in [0, 0.05) is 23.3 Å². The fraction of sp³-hybridized carbons (Fsp3) is 0.318. The van der Waals surface area contributed by atoms with Crippen molar-refractivity contribution in [3.63, 3.8) is 0 Å². The highest BCUT2D eigenvalue weighted by molar-refractivity contribution is 8.03. The van der Waals surface area contributed by atoms with E-state index in [9.17, 15) is 5.26 Å². The molecule has 0 radical (unpaired) electrons. The van der Waals surface area contributed by atoms with Crippen LogP contribution in [-0.2, 0) is 4.74 Å². The Morgan fingerprint density at radius 2 is 1.96 bits per heavy atom. The number of anilines is 1. The highest BCUT2D eigenvalue weighted by Crippen LogP contribution is 2.57. The summed E-state index contributed by atoms with van der Waals surface area (Å²) in [6.07, 6.45) is 2.16.